The third kappa shape index (κ3) is 3.01. The van der Waals surface area contributed by atoms with Gasteiger partial charge in [-0.05, 0) is 24.3 Å². The quantitative estimate of drug-likeness (QED) is 0.869. The number of benzene rings is 1. The molecule has 2 N–H and O–H groups in total. The van der Waals surface area contributed by atoms with Crippen LogP contribution in [0.15, 0.2) is 12.1 Å². The molecule has 0 aromatic heterocycles. The Labute approximate surface area is 105 Å². The number of ether oxygens (including phenoxy) is 1. The van der Waals surface area contributed by atoms with E-state index in [1.165, 1.54) is 11.1 Å². The zero-order valence-electron chi connectivity index (χ0n) is 11.9. The molecule has 96 valence electrons. The van der Waals surface area contributed by atoms with Crippen molar-refractivity contribution in [2.24, 2.45) is 5.73 Å². The van der Waals surface area contributed by atoms with E-state index in [0.717, 1.165) is 17.7 Å². The van der Waals surface area contributed by atoms with Crippen LogP contribution in [0.25, 0.3) is 0 Å². The van der Waals surface area contributed by atoms with E-state index in [0.29, 0.717) is 0 Å². The van der Waals surface area contributed by atoms with Crippen molar-refractivity contribution in [3.8, 4) is 5.75 Å². The second kappa shape index (κ2) is 5.09. The molecule has 1 unspecified atom stereocenters. The molecule has 1 aromatic carbocycles. The van der Waals surface area contributed by atoms with Crippen LogP contribution in [0.2, 0.25) is 0 Å². The van der Waals surface area contributed by atoms with Gasteiger partial charge in [-0.1, -0.05) is 39.8 Å². The number of hydrogen-bond acceptors (Lipinski definition) is 2. The van der Waals surface area contributed by atoms with E-state index in [4.69, 9.17) is 10.5 Å². The van der Waals surface area contributed by atoms with Gasteiger partial charge in [0.2, 0.25) is 0 Å². The lowest BCUT2D eigenvalue weighted by Gasteiger charge is -2.26. The minimum atomic E-state index is -0.00227. The van der Waals surface area contributed by atoms with Crippen LogP contribution in [0.4, 0.5) is 0 Å². The molecule has 0 radical (unpaired) electrons. The lowest BCUT2D eigenvalue weighted by molar-refractivity contribution is 0.389. The molecule has 0 heterocycles. The minimum Gasteiger partial charge on any atom is -0.496 e. The fourth-order valence-electron chi connectivity index (χ4n) is 2.04. The molecule has 2 heteroatoms. The van der Waals surface area contributed by atoms with Gasteiger partial charge in [0.05, 0.1) is 7.11 Å². The van der Waals surface area contributed by atoms with Crippen LogP contribution in [-0.2, 0) is 11.8 Å². The molecule has 1 atom stereocenters. The molecule has 0 saturated heterocycles. The molecule has 0 aliphatic heterocycles. The molecule has 0 saturated carbocycles. The van der Waals surface area contributed by atoms with E-state index in [-0.39, 0.29) is 11.5 Å². The largest absolute Gasteiger partial charge is 0.496 e. The highest BCUT2D eigenvalue weighted by atomic mass is 16.5. The second-order valence-electron chi connectivity index (χ2n) is 5.66. The third-order valence-corrected chi connectivity index (χ3v) is 3.09. The maximum Gasteiger partial charge on any atom is 0.127 e. The number of hydrogen-bond donors (Lipinski definition) is 1. The SMILES string of the molecule is CCc1cc(C(C)N)c(OC)c(C(C)(C)C)c1. The Morgan fingerprint density at radius 2 is 1.88 bits per heavy atom. The van der Waals surface area contributed by atoms with Crippen molar-refractivity contribution in [2.75, 3.05) is 7.11 Å². The van der Waals surface area contributed by atoms with Crippen LogP contribution in [0, 0.1) is 0 Å². The van der Waals surface area contributed by atoms with E-state index in [2.05, 4.69) is 39.8 Å². The average molecular weight is 235 g/mol. The zero-order valence-corrected chi connectivity index (χ0v) is 11.9. The van der Waals surface area contributed by atoms with Crippen LogP contribution < -0.4 is 10.5 Å². The zero-order chi connectivity index (χ0) is 13.2. The Bertz CT molecular complexity index is 389. The Morgan fingerprint density at radius 3 is 2.24 bits per heavy atom. The number of methoxy groups -OCH3 is 1. The van der Waals surface area contributed by atoms with E-state index in [1.54, 1.807) is 7.11 Å². The summed E-state index contributed by atoms with van der Waals surface area (Å²) in [4.78, 5) is 0. The molecule has 0 aliphatic rings. The molecule has 0 fully saturated rings. The summed E-state index contributed by atoms with van der Waals surface area (Å²) in [6.07, 6.45) is 1.02. The van der Waals surface area contributed by atoms with E-state index in [9.17, 15) is 0 Å². The van der Waals surface area contributed by atoms with Crippen LogP contribution in [0.5, 0.6) is 5.75 Å². The molecule has 0 aliphatic carbocycles. The predicted molar refractivity (Wildman–Crippen MR) is 73.7 cm³/mol. The van der Waals surface area contributed by atoms with Gasteiger partial charge >= 0.3 is 0 Å². The predicted octanol–water partition coefficient (Wildman–Crippen LogP) is 3.57. The topological polar surface area (TPSA) is 35.2 Å². The summed E-state index contributed by atoms with van der Waals surface area (Å²) < 4.78 is 5.58. The highest BCUT2D eigenvalue weighted by Crippen LogP contribution is 2.37. The highest BCUT2D eigenvalue weighted by molar-refractivity contribution is 5.49. The molecule has 0 spiro atoms. The summed E-state index contributed by atoms with van der Waals surface area (Å²) in [5, 5.41) is 0. The lowest BCUT2D eigenvalue weighted by Crippen LogP contribution is -2.17. The summed E-state index contributed by atoms with van der Waals surface area (Å²) in [5.74, 6) is 0.949. The van der Waals surface area contributed by atoms with Crippen LogP contribution in [0.3, 0.4) is 0 Å². The number of rotatable bonds is 3. The maximum absolute atomic E-state index is 6.05. The molecule has 1 rings (SSSR count). The van der Waals surface area contributed by atoms with Crippen LogP contribution in [0.1, 0.15) is 57.4 Å². The summed E-state index contributed by atoms with van der Waals surface area (Å²) in [6, 6.07) is 4.40. The van der Waals surface area contributed by atoms with E-state index in [1.807, 2.05) is 6.92 Å². The first kappa shape index (κ1) is 14.0. The highest BCUT2D eigenvalue weighted by Gasteiger charge is 2.23. The van der Waals surface area contributed by atoms with Gasteiger partial charge in [0.1, 0.15) is 5.75 Å². The fourth-order valence-corrected chi connectivity index (χ4v) is 2.04. The second-order valence-corrected chi connectivity index (χ2v) is 5.66. The van der Waals surface area contributed by atoms with Crippen LogP contribution >= 0.6 is 0 Å². The van der Waals surface area contributed by atoms with Crippen molar-refractivity contribution in [1.82, 2.24) is 0 Å². The lowest BCUT2D eigenvalue weighted by atomic mass is 9.83. The first-order valence-corrected chi connectivity index (χ1v) is 6.28. The Hall–Kier alpha value is -1.02. The van der Waals surface area contributed by atoms with Gasteiger partial charge in [0, 0.05) is 17.2 Å². The van der Waals surface area contributed by atoms with E-state index < -0.39 is 0 Å². The summed E-state index contributed by atoms with van der Waals surface area (Å²) >= 11 is 0. The molecular weight excluding hydrogens is 210 g/mol. The third-order valence-electron chi connectivity index (χ3n) is 3.09. The average Bonchev–Trinajstić information content (AvgIpc) is 2.25. The molecule has 2 nitrogen and oxygen atoms in total. The van der Waals surface area contributed by atoms with E-state index >= 15 is 0 Å². The fraction of sp³-hybridized carbons (Fsp3) is 0.600. The van der Waals surface area contributed by atoms with Gasteiger partial charge in [0.15, 0.2) is 0 Å². The Kier molecular flexibility index (Phi) is 4.21. The molecule has 1 aromatic rings. The van der Waals surface area contributed by atoms with Gasteiger partial charge in [-0.3, -0.25) is 0 Å². The van der Waals surface area contributed by atoms with Crippen molar-refractivity contribution in [2.45, 2.75) is 52.5 Å². The minimum absolute atomic E-state index is 0.00227. The summed E-state index contributed by atoms with van der Waals surface area (Å²) in [6.45, 7) is 10.8. The molecule has 17 heavy (non-hydrogen) atoms. The van der Waals surface area contributed by atoms with Crippen molar-refractivity contribution in [3.05, 3.63) is 28.8 Å². The number of nitrogens with two attached hydrogens (primary N) is 1. The molecule has 0 bridgehead atoms. The molecular formula is C15H25NO. The first-order chi connectivity index (χ1) is 7.81. The first-order valence-electron chi connectivity index (χ1n) is 6.28. The normalized spacial score (nSPS) is 13.6. The van der Waals surface area contributed by atoms with Gasteiger partial charge in [-0.25, -0.2) is 0 Å². The van der Waals surface area contributed by atoms with Gasteiger partial charge in [-0.2, -0.15) is 0 Å². The van der Waals surface area contributed by atoms with Gasteiger partial charge < -0.3 is 10.5 Å². The monoisotopic (exact) mass is 235 g/mol. The van der Waals surface area contributed by atoms with Gasteiger partial charge in [0.25, 0.3) is 0 Å². The molecule has 0 amide bonds. The Balaban J connectivity index is 3.51. The maximum atomic E-state index is 6.05. The summed E-state index contributed by atoms with van der Waals surface area (Å²) in [7, 11) is 1.72. The van der Waals surface area contributed by atoms with Gasteiger partial charge in [-0.15, -0.1) is 0 Å². The smallest absolute Gasteiger partial charge is 0.127 e. The standard InChI is InChI=1S/C15H25NO/c1-7-11-8-12(10(2)16)14(17-6)13(9-11)15(3,4)5/h8-10H,7,16H2,1-6H3. The van der Waals surface area contributed by atoms with Crippen molar-refractivity contribution < 1.29 is 4.74 Å². The van der Waals surface area contributed by atoms with Crippen molar-refractivity contribution >= 4 is 0 Å². The Morgan fingerprint density at radius 1 is 1.29 bits per heavy atom. The van der Waals surface area contributed by atoms with Crippen molar-refractivity contribution in [3.63, 3.8) is 0 Å². The van der Waals surface area contributed by atoms with Crippen LogP contribution in [-0.4, -0.2) is 7.11 Å². The van der Waals surface area contributed by atoms with Crippen molar-refractivity contribution in [1.29, 1.82) is 0 Å². The number of aryl methyl sites for hydroxylation is 1. The summed E-state index contributed by atoms with van der Waals surface area (Å²) in [5.41, 5.74) is 9.79.